The molecule has 25 heavy (non-hydrogen) atoms. The van der Waals surface area contributed by atoms with Gasteiger partial charge in [-0.3, -0.25) is 9.59 Å². The molecule has 0 aliphatic carbocycles. The number of benzene rings is 2. The number of hydrogen-bond acceptors (Lipinski definition) is 4. The number of rotatable bonds is 6. The Kier molecular flexibility index (Phi) is 5.09. The van der Waals surface area contributed by atoms with Crippen molar-refractivity contribution in [1.29, 1.82) is 0 Å². The van der Waals surface area contributed by atoms with Crippen LogP contribution in [0.1, 0.15) is 24.5 Å². The van der Waals surface area contributed by atoms with Crippen LogP contribution >= 0.6 is 0 Å². The number of primary amides is 1. The third kappa shape index (κ3) is 4.03. The van der Waals surface area contributed by atoms with Crippen LogP contribution in [0.5, 0.6) is 0 Å². The lowest BCUT2D eigenvalue weighted by molar-refractivity contribution is -0.117. The van der Waals surface area contributed by atoms with Crippen molar-refractivity contribution in [2.24, 2.45) is 10.9 Å². The Bertz CT molecular complexity index is 775. The Labute approximate surface area is 145 Å². The Balaban J connectivity index is 1.75. The monoisotopic (exact) mass is 337 g/mol. The van der Waals surface area contributed by atoms with Crippen LogP contribution in [0, 0.1) is 0 Å². The Morgan fingerprint density at radius 2 is 1.72 bits per heavy atom. The molecule has 0 fully saturated rings. The van der Waals surface area contributed by atoms with Gasteiger partial charge in [0.1, 0.15) is 5.71 Å². The van der Waals surface area contributed by atoms with Crippen LogP contribution in [0.15, 0.2) is 65.8 Å². The van der Waals surface area contributed by atoms with Gasteiger partial charge in [-0.05, 0) is 17.7 Å². The molecule has 6 nitrogen and oxygen atoms in total. The lowest BCUT2D eigenvalue weighted by Gasteiger charge is -2.21. The number of carbonyl (C=O) groups is 2. The van der Waals surface area contributed by atoms with E-state index >= 15 is 0 Å². The first-order valence-electron chi connectivity index (χ1n) is 8.08. The zero-order valence-electron chi connectivity index (χ0n) is 13.7. The van der Waals surface area contributed by atoms with Crippen molar-refractivity contribution in [2.75, 3.05) is 11.4 Å². The van der Waals surface area contributed by atoms with E-state index in [1.807, 2.05) is 60.7 Å². The molecular weight excluding hydrogens is 318 g/mol. The van der Waals surface area contributed by atoms with Crippen LogP contribution in [0.4, 0.5) is 5.69 Å². The molecule has 0 radical (unpaired) electrons. The molecule has 2 aromatic rings. The van der Waals surface area contributed by atoms with Crippen LogP contribution in [-0.4, -0.2) is 24.1 Å². The van der Waals surface area contributed by atoms with Crippen LogP contribution in [0.2, 0.25) is 0 Å². The molecule has 0 spiro atoms. The molecule has 1 heterocycles. The lowest BCUT2D eigenvalue weighted by Crippen LogP contribution is -2.38. The largest absolute Gasteiger partial charge is 0.387 e. The van der Waals surface area contributed by atoms with Crippen molar-refractivity contribution in [3.8, 4) is 0 Å². The maximum absolute atomic E-state index is 12.9. The molecule has 0 aromatic heterocycles. The van der Waals surface area contributed by atoms with Gasteiger partial charge in [-0.1, -0.05) is 53.7 Å². The number of carbonyl (C=O) groups excluding carboxylic acids is 2. The summed E-state index contributed by atoms with van der Waals surface area (Å²) in [6.07, 6.45) is 0.202. The quantitative estimate of drug-likeness (QED) is 0.878. The number of oxime groups is 1. The van der Waals surface area contributed by atoms with Gasteiger partial charge in [0.05, 0.1) is 0 Å². The molecule has 2 aromatic carbocycles. The standard InChI is InChI=1S/C19H19N3O3/c20-18(23)11-12-22(15-9-5-2-6-10-15)19(24)16-13-17(25-21-16)14-7-3-1-4-8-14/h1-10,17H,11-13H2,(H2,20,23)/t17-/m1/s1. The summed E-state index contributed by atoms with van der Waals surface area (Å²) in [5.41, 5.74) is 7.24. The van der Waals surface area contributed by atoms with E-state index < -0.39 is 5.91 Å². The highest BCUT2D eigenvalue weighted by Crippen LogP contribution is 2.28. The molecule has 1 aliphatic heterocycles. The van der Waals surface area contributed by atoms with Gasteiger partial charge in [0.15, 0.2) is 6.10 Å². The summed E-state index contributed by atoms with van der Waals surface area (Å²) in [4.78, 5) is 31.0. The molecule has 1 aliphatic rings. The summed E-state index contributed by atoms with van der Waals surface area (Å²) in [5.74, 6) is -0.730. The maximum atomic E-state index is 12.9. The second-order valence-corrected chi connectivity index (χ2v) is 5.76. The molecule has 2 amide bonds. The highest BCUT2D eigenvalue weighted by molar-refractivity contribution is 6.44. The normalized spacial score (nSPS) is 16.0. The zero-order valence-corrected chi connectivity index (χ0v) is 13.7. The summed E-state index contributed by atoms with van der Waals surface area (Å²) in [6, 6.07) is 18.8. The average molecular weight is 337 g/mol. The summed E-state index contributed by atoms with van der Waals surface area (Å²) >= 11 is 0. The topological polar surface area (TPSA) is 85.0 Å². The first kappa shape index (κ1) is 16.7. The predicted molar refractivity (Wildman–Crippen MR) is 94.9 cm³/mol. The number of hydrogen-bond donors (Lipinski definition) is 1. The molecule has 0 bridgehead atoms. The average Bonchev–Trinajstić information content (AvgIpc) is 3.13. The summed E-state index contributed by atoms with van der Waals surface area (Å²) < 4.78 is 0. The van der Waals surface area contributed by atoms with Gasteiger partial charge in [0.2, 0.25) is 5.91 Å². The van der Waals surface area contributed by atoms with Gasteiger partial charge in [0, 0.05) is 25.1 Å². The van der Waals surface area contributed by atoms with Gasteiger partial charge in [-0.25, -0.2) is 0 Å². The zero-order chi connectivity index (χ0) is 17.6. The van der Waals surface area contributed by atoms with Crippen LogP contribution in [0.3, 0.4) is 0 Å². The number of amides is 2. The van der Waals surface area contributed by atoms with Crippen LogP contribution in [0.25, 0.3) is 0 Å². The molecule has 6 heteroatoms. The SMILES string of the molecule is NC(=O)CCN(C(=O)C1=NO[C@@H](c2ccccc2)C1)c1ccccc1. The highest BCUT2D eigenvalue weighted by atomic mass is 16.6. The van der Waals surface area contributed by atoms with Crippen molar-refractivity contribution in [2.45, 2.75) is 18.9 Å². The van der Waals surface area contributed by atoms with E-state index in [0.29, 0.717) is 17.8 Å². The number of nitrogens with two attached hydrogens (primary N) is 1. The first-order chi connectivity index (χ1) is 12.1. The van der Waals surface area contributed by atoms with Crippen molar-refractivity contribution in [3.05, 3.63) is 66.2 Å². The Morgan fingerprint density at radius 3 is 2.36 bits per heavy atom. The lowest BCUT2D eigenvalue weighted by atomic mass is 10.0. The molecule has 1 atom stereocenters. The summed E-state index contributed by atoms with van der Waals surface area (Å²) in [7, 11) is 0. The van der Waals surface area contributed by atoms with E-state index in [1.165, 1.54) is 4.90 Å². The minimum atomic E-state index is -0.458. The molecule has 0 unspecified atom stereocenters. The maximum Gasteiger partial charge on any atom is 0.276 e. The highest BCUT2D eigenvalue weighted by Gasteiger charge is 2.30. The first-order valence-corrected chi connectivity index (χ1v) is 8.08. The fraction of sp³-hybridized carbons (Fsp3) is 0.211. The van der Waals surface area contributed by atoms with E-state index in [4.69, 9.17) is 10.6 Å². The van der Waals surface area contributed by atoms with E-state index in [9.17, 15) is 9.59 Å². The van der Waals surface area contributed by atoms with Gasteiger partial charge < -0.3 is 15.5 Å². The minimum absolute atomic E-state index is 0.0802. The minimum Gasteiger partial charge on any atom is -0.387 e. The molecule has 0 saturated heterocycles. The second-order valence-electron chi connectivity index (χ2n) is 5.76. The van der Waals surface area contributed by atoms with E-state index in [2.05, 4.69) is 5.16 Å². The Morgan fingerprint density at radius 1 is 1.08 bits per heavy atom. The summed E-state index contributed by atoms with van der Waals surface area (Å²) in [6.45, 7) is 0.202. The van der Waals surface area contributed by atoms with Gasteiger partial charge in [-0.2, -0.15) is 0 Å². The van der Waals surface area contributed by atoms with E-state index in [-0.39, 0.29) is 25.0 Å². The van der Waals surface area contributed by atoms with Gasteiger partial charge in [0.25, 0.3) is 5.91 Å². The molecule has 0 saturated carbocycles. The number of nitrogens with zero attached hydrogens (tertiary/aromatic N) is 2. The fourth-order valence-corrected chi connectivity index (χ4v) is 2.68. The van der Waals surface area contributed by atoms with Crippen LogP contribution < -0.4 is 10.6 Å². The Hall–Kier alpha value is -3.15. The fourth-order valence-electron chi connectivity index (χ4n) is 2.68. The molecule has 2 N–H and O–H groups in total. The molecule has 128 valence electrons. The van der Waals surface area contributed by atoms with Crippen molar-refractivity contribution in [1.82, 2.24) is 0 Å². The van der Waals surface area contributed by atoms with E-state index in [1.54, 1.807) is 0 Å². The summed E-state index contributed by atoms with van der Waals surface area (Å²) in [5, 5.41) is 3.98. The number of anilines is 1. The third-order valence-corrected chi connectivity index (χ3v) is 3.98. The molecule has 3 rings (SSSR count). The van der Waals surface area contributed by atoms with Gasteiger partial charge >= 0.3 is 0 Å². The third-order valence-electron chi connectivity index (χ3n) is 3.98. The smallest absolute Gasteiger partial charge is 0.276 e. The van der Waals surface area contributed by atoms with E-state index in [0.717, 1.165) is 5.56 Å². The van der Waals surface area contributed by atoms with Crippen molar-refractivity contribution >= 4 is 23.2 Å². The van der Waals surface area contributed by atoms with Gasteiger partial charge in [-0.15, -0.1) is 0 Å². The predicted octanol–water partition coefficient (Wildman–Crippen LogP) is 2.41. The second kappa shape index (κ2) is 7.61. The van der Waals surface area contributed by atoms with Crippen molar-refractivity contribution < 1.29 is 14.4 Å². The molecular formula is C19H19N3O3. The van der Waals surface area contributed by atoms with Crippen molar-refractivity contribution in [3.63, 3.8) is 0 Å². The van der Waals surface area contributed by atoms with Crippen LogP contribution in [-0.2, 0) is 14.4 Å². The number of para-hydroxylation sites is 1.